The van der Waals surface area contributed by atoms with Crippen LogP contribution in [0.3, 0.4) is 0 Å². The SMILES string of the molecule is CCC(=O)Nc1ccc2cc(S(=O)(=O)O)c(N=Nc3ccc(OCCOc4cc(N(Oc5ccc(C(C)(C)CC)cc5)C(=O)CC(C)(C)CC)c(O)c(Cl)c4C)cc3)c(O)c2c1.[NaH]. The number of rotatable bonds is 18. The molecule has 0 atom stereocenters. The number of anilines is 2. The second-order valence-electron chi connectivity index (χ2n) is 16.2. The van der Waals surface area contributed by atoms with Gasteiger partial charge in [-0.3, -0.25) is 14.1 Å². The van der Waals surface area contributed by atoms with Crippen molar-refractivity contribution in [1.29, 1.82) is 0 Å². The molecule has 5 aromatic carbocycles. The van der Waals surface area contributed by atoms with Crippen LogP contribution in [0.2, 0.25) is 5.02 Å². The van der Waals surface area contributed by atoms with Gasteiger partial charge in [0.15, 0.2) is 17.2 Å². The maximum absolute atomic E-state index is 13.9. The summed E-state index contributed by atoms with van der Waals surface area (Å²) in [6.45, 7) is 15.9. The fraction of sp³-hybridized carbons (Fsp3) is 0.348. The van der Waals surface area contributed by atoms with Crippen molar-refractivity contribution < 1.29 is 47.1 Å². The molecule has 0 unspecified atom stereocenters. The Balaban J connectivity index is 0.00000871. The molecular weight excluding hydrogens is 859 g/mol. The number of hydrogen-bond donors (Lipinski definition) is 4. The standard InChI is InChI=1S/C46H53ClN4O10S.Na.H/c1-9-39(52)48-32-15-12-29-24-38(62(56,57)58)42(43(54)35(29)25-32)50-49-31-16-20-33(21-17-31)59-22-23-60-37-26-36(44(55)41(47)28(37)4)51(40(53)27-45(5,6)10-2)61-34-18-13-30(14-19-34)46(7,8)11-3;;/h12-21,24-26,54-55H,9-11,22-23,27H2,1-8H3,(H,48,52)(H,56,57,58);;. The van der Waals surface area contributed by atoms with Crippen molar-refractivity contribution >= 4 is 96.6 Å². The summed E-state index contributed by atoms with van der Waals surface area (Å²) in [5.74, 6) is -0.423. The van der Waals surface area contributed by atoms with E-state index in [1.807, 2.05) is 32.9 Å². The van der Waals surface area contributed by atoms with E-state index in [0.717, 1.165) is 29.5 Å². The summed E-state index contributed by atoms with van der Waals surface area (Å²) in [4.78, 5) is 31.3. The molecule has 4 N–H and O–H groups in total. The summed E-state index contributed by atoms with van der Waals surface area (Å²) in [7, 11) is -4.83. The molecule has 0 aromatic heterocycles. The predicted octanol–water partition coefficient (Wildman–Crippen LogP) is 10.9. The Morgan fingerprint density at radius 2 is 1.46 bits per heavy atom. The molecule has 0 saturated heterocycles. The number of nitrogens with one attached hydrogen (secondary N) is 1. The van der Waals surface area contributed by atoms with Crippen molar-refractivity contribution in [1.82, 2.24) is 0 Å². The summed E-state index contributed by atoms with van der Waals surface area (Å²) in [5.41, 5.74) is 1.31. The molecule has 0 fully saturated rings. The predicted molar refractivity (Wildman–Crippen MR) is 248 cm³/mol. The van der Waals surface area contributed by atoms with E-state index in [4.69, 9.17) is 25.9 Å². The Labute approximate surface area is 395 Å². The number of benzene rings is 5. The maximum atomic E-state index is 13.9. The zero-order valence-corrected chi connectivity index (χ0v) is 37.6. The van der Waals surface area contributed by atoms with Crippen LogP contribution in [-0.2, 0) is 25.1 Å². The number of hydroxylamine groups is 1. The topological polar surface area (TPSA) is 197 Å². The van der Waals surface area contributed by atoms with Crippen LogP contribution >= 0.6 is 11.6 Å². The van der Waals surface area contributed by atoms with E-state index in [9.17, 15) is 32.8 Å². The molecule has 0 aliphatic rings. The molecule has 0 aliphatic heterocycles. The van der Waals surface area contributed by atoms with E-state index in [1.54, 1.807) is 50.2 Å². The molecule has 5 rings (SSSR count). The summed E-state index contributed by atoms with van der Waals surface area (Å²) >= 11 is 6.63. The second-order valence-corrected chi connectivity index (χ2v) is 18.0. The fourth-order valence-corrected chi connectivity index (χ4v) is 6.96. The third-order valence-corrected chi connectivity index (χ3v) is 12.1. The first-order valence-electron chi connectivity index (χ1n) is 20.2. The van der Waals surface area contributed by atoms with Crippen LogP contribution in [0.25, 0.3) is 10.8 Å². The van der Waals surface area contributed by atoms with E-state index in [-0.39, 0.29) is 111 Å². The molecule has 14 nitrogen and oxygen atoms in total. The Morgan fingerprint density at radius 3 is 2.06 bits per heavy atom. The van der Waals surface area contributed by atoms with Crippen LogP contribution in [0, 0.1) is 12.3 Å². The number of phenols is 2. The van der Waals surface area contributed by atoms with Crippen molar-refractivity contribution in [2.45, 2.75) is 91.4 Å². The van der Waals surface area contributed by atoms with Gasteiger partial charge in [0.2, 0.25) is 5.91 Å². The normalized spacial score (nSPS) is 11.9. The average Bonchev–Trinajstić information content (AvgIpc) is 3.24. The van der Waals surface area contributed by atoms with Gasteiger partial charge in [-0.2, -0.15) is 13.5 Å². The molecule has 2 amide bonds. The molecule has 63 heavy (non-hydrogen) atoms. The molecule has 0 radical (unpaired) electrons. The van der Waals surface area contributed by atoms with Crippen LogP contribution in [0.5, 0.6) is 28.7 Å². The first-order chi connectivity index (χ1) is 29.2. The van der Waals surface area contributed by atoms with E-state index in [2.05, 4.69) is 36.3 Å². The van der Waals surface area contributed by atoms with Gasteiger partial charge in [0.25, 0.3) is 16.0 Å². The van der Waals surface area contributed by atoms with Crippen molar-refractivity contribution in [3.63, 3.8) is 0 Å². The first kappa shape index (κ1) is 50.7. The van der Waals surface area contributed by atoms with Crippen molar-refractivity contribution in [2.24, 2.45) is 15.6 Å². The number of amides is 2. The number of nitrogens with zero attached hydrogens (tertiary/aromatic N) is 3. The monoisotopic (exact) mass is 912 g/mol. The van der Waals surface area contributed by atoms with E-state index < -0.39 is 26.5 Å². The number of ether oxygens (including phenoxy) is 2. The number of aromatic hydroxyl groups is 2. The van der Waals surface area contributed by atoms with Crippen LogP contribution in [0.1, 0.15) is 85.3 Å². The number of carbonyl (C=O) groups excluding carboxylic acids is 2. The minimum atomic E-state index is -4.83. The molecule has 0 heterocycles. The molecule has 17 heteroatoms. The summed E-state index contributed by atoms with van der Waals surface area (Å²) in [5, 5.41) is 34.6. The zero-order chi connectivity index (χ0) is 45.6. The van der Waals surface area contributed by atoms with Gasteiger partial charge in [-0.25, -0.2) is 0 Å². The van der Waals surface area contributed by atoms with Gasteiger partial charge in [-0.05, 0) is 89.7 Å². The molecular formula is C46H54ClN4NaO10S. The van der Waals surface area contributed by atoms with E-state index in [1.165, 1.54) is 24.3 Å². The molecule has 0 bridgehead atoms. The Morgan fingerprint density at radius 1 is 0.825 bits per heavy atom. The number of halogens is 1. The van der Waals surface area contributed by atoms with Crippen molar-refractivity contribution in [3.05, 3.63) is 95.0 Å². The molecule has 0 saturated carbocycles. The third-order valence-electron chi connectivity index (χ3n) is 10.8. The van der Waals surface area contributed by atoms with Crippen LogP contribution < -0.4 is 24.7 Å². The number of azo groups is 1. The van der Waals surface area contributed by atoms with Crippen molar-refractivity contribution in [2.75, 3.05) is 23.6 Å². The van der Waals surface area contributed by atoms with Gasteiger partial charge in [0, 0.05) is 35.5 Å². The molecule has 0 aliphatic carbocycles. The summed E-state index contributed by atoms with van der Waals surface area (Å²) in [6.07, 6.45) is 2.01. The molecule has 332 valence electrons. The van der Waals surface area contributed by atoms with Crippen molar-refractivity contribution in [3.8, 4) is 28.7 Å². The summed E-state index contributed by atoms with van der Waals surface area (Å²) in [6, 6.07) is 20.9. The van der Waals surface area contributed by atoms with Crippen LogP contribution in [-0.4, -0.2) is 77.8 Å². The first-order valence-corrected chi connectivity index (χ1v) is 22.0. The summed E-state index contributed by atoms with van der Waals surface area (Å²) < 4.78 is 46.4. The quantitative estimate of drug-likeness (QED) is 0.0216. The Hall–Kier alpha value is -4.90. The van der Waals surface area contributed by atoms with Gasteiger partial charge >= 0.3 is 29.6 Å². The average molecular weight is 913 g/mol. The zero-order valence-electron chi connectivity index (χ0n) is 36.1. The fourth-order valence-electron chi connectivity index (χ4n) is 6.11. The van der Waals surface area contributed by atoms with E-state index >= 15 is 0 Å². The van der Waals surface area contributed by atoms with Crippen LogP contribution in [0.15, 0.2) is 94.0 Å². The number of phenolic OH excluding ortho intramolecular Hbond substituents is 2. The number of carbonyl (C=O) groups is 2. The van der Waals surface area contributed by atoms with Gasteiger partial charge in [0.1, 0.15) is 41.0 Å². The molecule has 0 spiro atoms. The Kier molecular flexibility index (Phi) is 17.1. The molecule has 5 aromatic rings. The number of hydrogen-bond acceptors (Lipinski definition) is 11. The van der Waals surface area contributed by atoms with Gasteiger partial charge in [-0.15, -0.1) is 10.2 Å². The number of fused-ring (bicyclic) bond motifs is 1. The Bertz CT molecular complexity index is 2590. The second kappa shape index (κ2) is 21.2. The van der Waals surface area contributed by atoms with Gasteiger partial charge in [-0.1, -0.05) is 84.7 Å². The van der Waals surface area contributed by atoms with Gasteiger partial charge < -0.3 is 29.8 Å². The van der Waals surface area contributed by atoms with Gasteiger partial charge in [0.05, 0.1) is 10.7 Å². The third kappa shape index (κ3) is 12.6. The van der Waals surface area contributed by atoms with E-state index in [0.29, 0.717) is 28.5 Å². The van der Waals surface area contributed by atoms with Crippen LogP contribution in [0.4, 0.5) is 22.7 Å². The minimum absolute atomic E-state index is 0.